The predicted molar refractivity (Wildman–Crippen MR) is 104 cm³/mol. The molecule has 2 rings (SSSR count). The molecule has 2 aromatic rings. The summed E-state index contributed by atoms with van der Waals surface area (Å²) in [5, 5.41) is 4.59. The van der Waals surface area contributed by atoms with Crippen LogP contribution in [0.1, 0.15) is 57.9 Å². The molecule has 4 nitrogen and oxygen atoms in total. The van der Waals surface area contributed by atoms with Crippen LogP contribution in [0.4, 0.5) is 0 Å². The lowest BCUT2D eigenvalue weighted by Crippen LogP contribution is -2.40. The molecule has 138 valence electrons. The van der Waals surface area contributed by atoms with Crippen molar-refractivity contribution in [1.82, 2.24) is 10.3 Å². The molecule has 0 saturated heterocycles. The van der Waals surface area contributed by atoms with E-state index in [1.54, 1.807) is 0 Å². The Balaban J connectivity index is 1.88. The molecule has 0 saturated carbocycles. The van der Waals surface area contributed by atoms with Gasteiger partial charge in [0.1, 0.15) is 6.04 Å². The first-order valence-electron chi connectivity index (χ1n) is 9.71. The summed E-state index contributed by atoms with van der Waals surface area (Å²) in [4.78, 5) is 15.6. The maximum absolute atomic E-state index is 12.3. The van der Waals surface area contributed by atoms with Gasteiger partial charge < -0.3 is 15.0 Å². The van der Waals surface area contributed by atoms with Crippen LogP contribution in [-0.4, -0.2) is 30.1 Å². The van der Waals surface area contributed by atoms with Gasteiger partial charge in [-0.1, -0.05) is 57.2 Å². The first-order valence-corrected chi connectivity index (χ1v) is 9.71. The zero-order valence-electron chi connectivity index (χ0n) is 15.6. The number of unbranched alkanes of at least 4 members (excludes halogenated alkanes) is 5. The molecule has 0 aliphatic carbocycles. The van der Waals surface area contributed by atoms with Gasteiger partial charge in [0.2, 0.25) is 0 Å². The third-order valence-corrected chi connectivity index (χ3v) is 4.59. The molecule has 0 bridgehead atoms. The largest absolute Gasteiger partial charge is 0.465 e. The Hall–Kier alpha value is -1.81. The summed E-state index contributed by atoms with van der Waals surface area (Å²) in [5.41, 5.74) is 2.26. The standard InChI is InChI=1S/C21H32N2O2/c1-3-5-6-7-8-11-14-22-20(21(24)25-4-2)15-17-16-23-19-13-10-9-12-18(17)19/h9-10,12-13,16,20,22-23H,3-8,11,14-15H2,1-2H3/t20-/m0/s1. The van der Waals surface area contributed by atoms with Crippen molar-refractivity contribution in [1.29, 1.82) is 0 Å². The number of esters is 1. The van der Waals surface area contributed by atoms with Gasteiger partial charge in [-0.15, -0.1) is 0 Å². The highest BCUT2D eigenvalue weighted by Gasteiger charge is 2.20. The van der Waals surface area contributed by atoms with Gasteiger partial charge in [0.15, 0.2) is 0 Å². The third-order valence-electron chi connectivity index (χ3n) is 4.59. The molecule has 0 aliphatic rings. The molecule has 1 atom stereocenters. The van der Waals surface area contributed by atoms with Gasteiger partial charge in [-0.05, 0) is 31.5 Å². The molecule has 1 heterocycles. The lowest BCUT2D eigenvalue weighted by Gasteiger charge is -2.17. The van der Waals surface area contributed by atoms with E-state index in [0.29, 0.717) is 13.0 Å². The Morgan fingerprint density at radius 2 is 1.88 bits per heavy atom. The van der Waals surface area contributed by atoms with Crippen molar-refractivity contribution in [2.24, 2.45) is 0 Å². The minimum Gasteiger partial charge on any atom is -0.465 e. The fourth-order valence-corrected chi connectivity index (χ4v) is 3.18. The van der Waals surface area contributed by atoms with Gasteiger partial charge in [-0.25, -0.2) is 0 Å². The number of hydrogen-bond acceptors (Lipinski definition) is 3. The molecule has 0 spiro atoms. The molecule has 1 aromatic carbocycles. The second kappa shape index (κ2) is 10.9. The number of H-pyrrole nitrogens is 1. The number of para-hydroxylation sites is 1. The molecule has 0 fully saturated rings. The smallest absolute Gasteiger partial charge is 0.323 e. The van der Waals surface area contributed by atoms with Crippen LogP contribution in [-0.2, 0) is 16.0 Å². The van der Waals surface area contributed by atoms with E-state index in [4.69, 9.17) is 4.74 Å². The van der Waals surface area contributed by atoms with Crippen molar-refractivity contribution in [3.8, 4) is 0 Å². The number of nitrogens with one attached hydrogen (secondary N) is 2. The Labute approximate surface area is 151 Å². The lowest BCUT2D eigenvalue weighted by molar-refractivity contribution is -0.145. The molecule has 0 aliphatic heterocycles. The number of carbonyl (C=O) groups is 1. The van der Waals surface area contributed by atoms with E-state index in [9.17, 15) is 4.79 Å². The topological polar surface area (TPSA) is 54.1 Å². The molecular formula is C21H32N2O2. The Morgan fingerprint density at radius 3 is 2.68 bits per heavy atom. The summed E-state index contributed by atoms with van der Waals surface area (Å²) >= 11 is 0. The van der Waals surface area contributed by atoms with Gasteiger partial charge in [-0.2, -0.15) is 0 Å². The first kappa shape index (κ1) is 19.5. The van der Waals surface area contributed by atoms with Crippen LogP contribution in [0.2, 0.25) is 0 Å². The normalized spacial score (nSPS) is 12.4. The van der Waals surface area contributed by atoms with Crippen molar-refractivity contribution >= 4 is 16.9 Å². The zero-order chi connectivity index (χ0) is 17.9. The van der Waals surface area contributed by atoms with Crippen molar-refractivity contribution < 1.29 is 9.53 Å². The van der Waals surface area contributed by atoms with E-state index in [2.05, 4.69) is 29.4 Å². The van der Waals surface area contributed by atoms with Crippen molar-refractivity contribution in [2.45, 2.75) is 64.8 Å². The quantitative estimate of drug-likeness (QED) is 0.437. The number of fused-ring (bicyclic) bond motifs is 1. The third kappa shape index (κ3) is 6.20. The van der Waals surface area contributed by atoms with E-state index >= 15 is 0 Å². The highest BCUT2D eigenvalue weighted by Crippen LogP contribution is 2.19. The van der Waals surface area contributed by atoms with Gasteiger partial charge >= 0.3 is 5.97 Å². The summed E-state index contributed by atoms with van der Waals surface area (Å²) in [6, 6.07) is 7.92. The van der Waals surface area contributed by atoms with Gasteiger partial charge in [0.05, 0.1) is 6.61 Å². The molecule has 0 unspecified atom stereocenters. The zero-order valence-corrected chi connectivity index (χ0v) is 15.6. The van der Waals surface area contributed by atoms with Crippen molar-refractivity contribution in [3.63, 3.8) is 0 Å². The van der Waals surface area contributed by atoms with Crippen LogP contribution in [0.3, 0.4) is 0 Å². The fraction of sp³-hybridized carbons (Fsp3) is 0.571. The maximum Gasteiger partial charge on any atom is 0.323 e. The van der Waals surface area contributed by atoms with E-state index in [-0.39, 0.29) is 12.0 Å². The number of carbonyl (C=O) groups excluding carboxylic acids is 1. The summed E-state index contributed by atoms with van der Waals surface area (Å²) in [6.45, 7) is 5.37. The van der Waals surface area contributed by atoms with Crippen LogP contribution < -0.4 is 5.32 Å². The van der Waals surface area contributed by atoms with Gasteiger partial charge in [-0.3, -0.25) is 4.79 Å². The summed E-state index contributed by atoms with van der Waals surface area (Å²) in [7, 11) is 0. The Morgan fingerprint density at radius 1 is 1.12 bits per heavy atom. The second-order valence-electron chi connectivity index (χ2n) is 6.59. The number of benzene rings is 1. The molecule has 2 N–H and O–H groups in total. The number of aromatic nitrogens is 1. The highest BCUT2D eigenvalue weighted by atomic mass is 16.5. The highest BCUT2D eigenvalue weighted by molar-refractivity contribution is 5.84. The maximum atomic E-state index is 12.3. The van der Waals surface area contributed by atoms with Crippen LogP contribution in [0, 0.1) is 0 Å². The monoisotopic (exact) mass is 344 g/mol. The predicted octanol–water partition coefficient (Wildman–Crippen LogP) is 4.59. The average Bonchev–Trinajstić information content (AvgIpc) is 3.03. The Bertz CT molecular complexity index is 636. The molecule has 1 aromatic heterocycles. The lowest BCUT2D eigenvalue weighted by atomic mass is 10.0. The molecule has 25 heavy (non-hydrogen) atoms. The minimum absolute atomic E-state index is 0.154. The van der Waals surface area contributed by atoms with Gasteiger partial charge in [0, 0.05) is 23.5 Å². The van der Waals surface area contributed by atoms with E-state index in [1.165, 1.54) is 37.5 Å². The number of aromatic amines is 1. The van der Waals surface area contributed by atoms with Crippen LogP contribution in [0.5, 0.6) is 0 Å². The fourth-order valence-electron chi connectivity index (χ4n) is 3.18. The molecular weight excluding hydrogens is 312 g/mol. The minimum atomic E-state index is -0.283. The first-order chi connectivity index (χ1) is 12.3. The van der Waals surface area contributed by atoms with Gasteiger partial charge in [0.25, 0.3) is 0 Å². The molecule has 0 radical (unpaired) electrons. The number of ether oxygens (including phenoxy) is 1. The summed E-state index contributed by atoms with van der Waals surface area (Å²) in [6.07, 6.45) is 10.2. The van der Waals surface area contributed by atoms with Crippen LogP contribution >= 0.6 is 0 Å². The van der Waals surface area contributed by atoms with Crippen LogP contribution in [0.15, 0.2) is 30.5 Å². The average molecular weight is 344 g/mol. The molecule has 0 amide bonds. The summed E-state index contributed by atoms with van der Waals surface area (Å²) in [5.74, 6) is -0.154. The van der Waals surface area contributed by atoms with Crippen LogP contribution in [0.25, 0.3) is 10.9 Å². The Kier molecular flexibility index (Phi) is 8.53. The van der Waals surface area contributed by atoms with E-state index in [0.717, 1.165) is 24.0 Å². The number of rotatable bonds is 12. The van der Waals surface area contributed by atoms with Crippen molar-refractivity contribution in [2.75, 3.05) is 13.2 Å². The molecule has 4 heteroatoms. The SMILES string of the molecule is CCCCCCCCN[C@@H](Cc1c[nH]c2ccccc12)C(=O)OCC. The van der Waals surface area contributed by atoms with E-state index in [1.807, 2.05) is 25.3 Å². The number of hydrogen-bond donors (Lipinski definition) is 2. The second-order valence-corrected chi connectivity index (χ2v) is 6.59. The summed E-state index contributed by atoms with van der Waals surface area (Å²) < 4.78 is 5.26. The van der Waals surface area contributed by atoms with Crippen molar-refractivity contribution in [3.05, 3.63) is 36.0 Å². The van der Waals surface area contributed by atoms with E-state index < -0.39 is 0 Å².